The van der Waals surface area contributed by atoms with Crippen LogP contribution in [0.15, 0.2) is 18.2 Å². The zero-order chi connectivity index (χ0) is 12.8. The molecule has 4 nitrogen and oxygen atoms in total. The fraction of sp³-hybridized carbons (Fsp3) is 0.308. The molecule has 0 saturated heterocycles. The Morgan fingerprint density at radius 2 is 2.18 bits per heavy atom. The molecule has 0 bridgehead atoms. The van der Waals surface area contributed by atoms with Crippen LogP contribution >= 0.6 is 0 Å². The second-order valence-electron chi connectivity index (χ2n) is 3.54. The summed E-state index contributed by atoms with van der Waals surface area (Å²) in [5, 5.41) is 0. The van der Waals surface area contributed by atoms with Crippen LogP contribution in [0.3, 0.4) is 0 Å². The van der Waals surface area contributed by atoms with Crippen LogP contribution in [-0.2, 0) is 9.53 Å². The zero-order valence-corrected chi connectivity index (χ0v) is 10.3. The van der Waals surface area contributed by atoms with Gasteiger partial charge in [0, 0.05) is 17.8 Å². The molecule has 0 aliphatic heterocycles. The molecule has 0 fully saturated rings. The molecule has 0 unspecified atom stereocenters. The van der Waals surface area contributed by atoms with Crippen molar-refractivity contribution in [3.8, 4) is 5.75 Å². The first-order chi connectivity index (χ1) is 8.08. The summed E-state index contributed by atoms with van der Waals surface area (Å²) in [4.78, 5) is 11.2. The van der Waals surface area contributed by atoms with Crippen LogP contribution in [0, 0.1) is 6.92 Å². The van der Waals surface area contributed by atoms with Crippen LogP contribution in [0.5, 0.6) is 5.75 Å². The first kappa shape index (κ1) is 13.1. The van der Waals surface area contributed by atoms with Crippen molar-refractivity contribution in [2.24, 2.45) is 0 Å². The van der Waals surface area contributed by atoms with E-state index in [1.165, 1.54) is 6.08 Å². The number of nitrogens with two attached hydrogens (primary N) is 1. The Balaban J connectivity index is 2.92. The van der Waals surface area contributed by atoms with Crippen LogP contribution in [0.1, 0.15) is 18.1 Å². The van der Waals surface area contributed by atoms with E-state index in [9.17, 15) is 4.79 Å². The van der Waals surface area contributed by atoms with E-state index in [0.29, 0.717) is 12.3 Å². The summed E-state index contributed by atoms with van der Waals surface area (Å²) in [5.74, 6) is 0.358. The molecule has 1 aromatic carbocycles. The first-order valence-corrected chi connectivity index (χ1v) is 5.37. The fourth-order valence-electron chi connectivity index (χ4n) is 1.44. The zero-order valence-electron chi connectivity index (χ0n) is 10.3. The molecule has 4 heteroatoms. The van der Waals surface area contributed by atoms with E-state index in [2.05, 4.69) is 0 Å². The molecule has 0 amide bonds. The molecule has 0 heterocycles. The van der Waals surface area contributed by atoms with E-state index in [1.54, 1.807) is 26.2 Å². The summed E-state index contributed by atoms with van der Waals surface area (Å²) in [5.41, 5.74) is 8.14. The Morgan fingerprint density at radius 1 is 1.47 bits per heavy atom. The van der Waals surface area contributed by atoms with E-state index in [1.807, 2.05) is 13.0 Å². The van der Waals surface area contributed by atoms with Crippen molar-refractivity contribution in [3.05, 3.63) is 29.3 Å². The summed E-state index contributed by atoms with van der Waals surface area (Å²) in [6, 6.07) is 3.60. The number of esters is 1. The maximum absolute atomic E-state index is 11.2. The van der Waals surface area contributed by atoms with E-state index < -0.39 is 0 Å². The van der Waals surface area contributed by atoms with Crippen molar-refractivity contribution >= 4 is 17.7 Å². The molecule has 17 heavy (non-hydrogen) atoms. The minimum absolute atomic E-state index is 0.361. The molecule has 0 aliphatic carbocycles. The van der Waals surface area contributed by atoms with Gasteiger partial charge < -0.3 is 15.2 Å². The Hall–Kier alpha value is -1.97. The van der Waals surface area contributed by atoms with Gasteiger partial charge in [-0.15, -0.1) is 0 Å². The van der Waals surface area contributed by atoms with Crippen LogP contribution in [0.25, 0.3) is 6.08 Å². The SMILES string of the molecule is CCOC(=O)/C=C/c1cc(C)c(OC)cc1N. The topological polar surface area (TPSA) is 61.5 Å². The van der Waals surface area contributed by atoms with Crippen molar-refractivity contribution in [2.45, 2.75) is 13.8 Å². The quantitative estimate of drug-likeness (QED) is 0.493. The van der Waals surface area contributed by atoms with Gasteiger partial charge in [0.15, 0.2) is 0 Å². The fourth-order valence-corrected chi connectivity index (χ4v) is 1.44. The van der Waals surface area contributed by atoms with Crippen LogP contribution in [0.4, 0.5) is 5.69 Å². The molecule has 0 saturated carbocycles. The van der Waals surface area contributed by atoms with Gasteiger partial charge in [0.1, 0.15) is 5.75 Å². The number of anilines is 1. The van der Waals surface area contributed by atoms with Gasteiger partial charge >= 0.3 is 5.97 Å². The molecule has 2 N–H and O–H groups in total. The third-order valence-corrected chi connectivity index (χ3v) is 2.29. The van der Waals surface area contributed by atoms with E-state index in [0.717, 1.165) is 16.9 Å². The van der Waals surface area contributed by atoms with Gasteiger partial charge in [-0.25, -0.2) is 4.79 Å². The molecular weight excluding hydrogens is 218 g/mol. The predicted octanol–water partition coefficient (Wildman–Crippen LogP) is 2.16. The average Bonchev–Trinajstić information content (AvgIpc) is 2.30. The number of carbonyl (C=O) groups excluding carboxylic acids is 1. The largest absolute Gasteiger partial charge is 0.496 e. The van der Waals surface area contributed by atoms with E-state index in [-0.39, 0.29) is 5.97 Å². The smallest absolute Gasteiger partial charge is 0.330 e. The van der Waals surface area contributed by atoms with Gasteiger partial charge in [-0.1, -0.05) is 0 Å². The third kappa shape index (κ3) is 3.52. The second-order valence-corrected chi connectivity index (χ2v) is 3.54. The van der Waals surface area contributed by atoms with Crippen LogP contribution < -0.4 is 10.5 Å². The van der Waals surface area contributed by atoms with E-state index >= 15 is 0 Å². The third-order valence-electron chi connectivity index (χ3n) is 2.29. The molecule has 0 spiro atoms. The maximum atomic E-state index is 11.2. The Kier molecular flexibility index (Phi) is 4.57. The number of methoxy groups -OCH3 is 1. The van der Waals surface area contributed by atoms with Gasteiger partial charge in [0.2, 0.25) is 0 Å². The van der Waals surface area contributed by atoms with Crippen molar-refractivity contribution in [2.75, 3.05) is 19.5 Å². The van der Waals surface area contributed by atoms with Gasteiger partial charge in [0.05, 0.1) is 13.7 Å². The Morgan fingerprint density at radius 3 is 2.76 bits per heavy atom. The molecule has 1 aromatic rings. The molecule has 0 radical (unpaired) electrons. The minimum atomic E-state index is -0.375. The number of ether oxygens (including phenoxy) is 2. The highest BCUT2D eigenvalue weighted by molar-refractivity contribution is 5.88. The average molecular weight is 235 g/mol. The molecule has 0 aromatic heterocycles. The highest BCUT2D eigenvalue weighted by Gasteiger charge is 2.03. The maximum Gasteiger partial charge on any atom is 0.330 e. The number of benzene rings is 1. The van der Waals surface area contributed by atoms with Crippen molar-refractivity contribution in [3.63, 3.8) is 0 Å². The summed E-state index contributed by atoms with van der Waals surface area (Å²) in [6.07, 6.45) is 3.00. The minimum Gasteiger partial charge on any atom is -0.496 e. The molecule has 0 atom stereocenters. The standard InChI is InChI=1S/C13H17NO3/c1-4-17-13(15)6-5-10-7-9(2)12(16-3)8-11(10)14/h5-8H,4,14H2,1-3H3/b6-5+. The Labute approximate surface area is 101 Å². The van der Waals surface area contributed by atoms with Gasteiger partial charge in [-0.2, -0.15) is 0 Å². The van der Waals surface area contributed by atoms with Gasteiger partial charge in [-0.3, -0.25) is 0 Å². The first-order valence-electron chi connectivity index (χ1n) is 5.37. The molecule has 1 rings (SSSR count). The summed E-state index contributed by atoms with van der Waals surface area (Å²) >= 11 is 0. The molecular formula is C13H17NO3. The highest BCUT2D eigenvalue weighted by Crippen LogP contribution is 2.25. The van der Waals surface area contributed by atoms with Crippen molar-refractivity contribution < 1.29 is 14.3 Å². The van der Waals surface area contributed by atoms with Crippen molar-refractivity contribution in [1.29, 1.82) is 0 Å². The van der Waals surface area contributed by atoms with Gasteiger partial charge in [0.25, 0.3) is 0 Å². The highest BCUT2D eigenvalue weighted by atomic mass is 16.5. The number of carbonyl (C=O) groups is 1. The predicted molar refractivity (Wildman–Crippen MR) is 67.8 cm³/mol. The number of nitrogen functional groups attached to an aromatic ring is 1. The lowest BCUT2D eigenvalue weighted by Crippen LogP contribution is -1.99. The summed E-state index contributed by atoms with van der Waals surface area (Å²) in [6.45, 7) is 4.04. The number of rotatable bonds is 4. The van der Waals surface area contributed by atoms with Crippen molar-refractivity contribution in [1.82, 2.24) is 0 Å². The summed E-state index contributed by atoms with van der Waals surface area (Å²) < 4.78 is 9.94. The lowest BCUT2D eigenvalue weighted by Gasteiger charge is -2.08. The van der Waals surface area contributed by atoms with Crippen LogP contribution in [0.2, 0.25) is 0 Å². The summed E-state index contributed by atoms with van der Waals surface area (Å²) in [7, 11) is 1.59. The monoisotopic (exact) mass is 235 g/mol. The van der Waals surface area contributed by atoms with E-state index in [4.69, 9.17) is 15.2 Å². The second kappa shape index (κ2) is 5.94. The normalized spacial score (nSPS) is 10.5. The Bertz CT molecular complexity index is 439. The number of aryl methyl sites for hydroxylation is 1. The molecule has 92 valence electrons. The lowest BCUT2D eigenvalue weighted by atomic mass is 10.1. The molecule has 0 aliphatic rings. The van der Waals surface area contributed by atoms with Gasteiger partial charge in [-0.05, 0) is 37.1 Å². The number of hydrogen-bond donors (Lipinski definition) is 1. The van der Waals surface area contributed by atoms with Crippen LogP contribution in [-0.4, -0.2) is 19.7 Å². The number of hydrogen-bond acceptors (Lipinski definition) is 4. The lowest BCUT2D eigenvalue weighted by molar-refractivity contribution is -0.137.